The zero-order valence-corrected chi connectivity index (χ0v) is 14.7. The van der Waals surface area contributed by atoms with Gasteiger partial charge in [-0.15, -0.1) is 0 Å². The molecular formula is C20H23N3O3. The number of non-ortho nitro benzene ring substituents is 1. The van der Waals surface area contributed by atoms with Crippen LogP contribution in [0.2, 0.25) is 0 Å². The molecule has 0 atom stereocenters. The van der Waals surface area contributed by atoms with Gasteiger partial charge in [-0.2, -0.15) is 0 Å². The number of carbonyl (C=O) groups is 1. The van der Waals surface area contributed by atoms with Crippen molar-refractivity contribution < 1.29 is 9.72 Å². The molecule has 0 aliphatic carbocycles. The van der Waals surface area contributed by atoms with Crippen LogP contribution in [-0.4, -0.2) is 53.2 Å². The maximum atomic E-state index is 12.3. The van der Waals surface area contributed by atoms with Crippen LogP contribution in [0.5, 0.6) is 0 Å². The molecule has 2 aromatic rings. The van der Waals surface area contributed by atoms with E-state index < -0.39 is 4.92 Å². The highest BCUT2D eigenvalue weighted by Gasteiger charge is 2.18. The van der Waals surface area contributed by atoms with E-state index in [1.807, 2.05) is 6.07 Å². The Hall–Kier alpha value is -2.57. The van der Waals surface area contributed by atoms with Crippen molar-refractivity contribution in [1.82, 2.24) is 9.80 Å². The Balaban J connectivity index is 1.42. The van der Waals surface area contributed by atoms with Crippen LogP contribution in [0.15, 0.2) is 54.6 Å². The normalized spacial score (nSPS) is 15.7. The Bertz CT molecular complexity index is 739. The van der Waals surface area contributed by atoms with Crippen molar-refractivity contribution in [2.24, 2.45) is 0 Å². The predicted molar refractivity (Wildman–Crippen MR) is 100 cm³/mol. The highest BCUT2D eigenvalue weighted by Crippen LogP contribution is 2.14. The van der Waals surface area contributed by atoms with Gasteiger partial charge in [0, 0.05) is 63.4 Å². The molecule has 136 valence electrons. The van der Waals surface area contributed by atoms with Crippen molar-refractivity contribution in [2.75, 3.05) is 32.7 Å². The van der Waals surface area contributed by atoms with Crippen LogP contribution in [0.1, 0.15) is 22.3 Å². The summed E-state index contributed by atoms with van der Waals surface area (Å²) in [7, 11) is 0. The molecule has 3 rings (SSSR count). The molecule has 1 aliphatic rings. The molecule has 2 aromatic carbocycles. The second-order valence-corrected chi connectivity index (χ2v) is 6.58. The number of Topliss-reactive ketones (excluding diaryl/α,β-unsaturated/α-hetero) is 1. The number of hydrogen-bond acceptors (Lipinski definition) is 5. The summed E-state index contributed by atoms with van der Waals surface area (Å²) in [5.74, 6) is 0.0339. The molecule has 0 unspecified atom stereocenters. The molecule has 6 heteroatoms. The number of hydrogen-bond donors (Lipinski definition) is 0. The summed E-state index contributed by atoms with van der Waals surface area (Å²) in [5.41, 5.74) is 1.88. The molecule has 0 saturated carbocycles. The zero-order chi connectivity index (χ0) is 18.4. The number of nitro groups is 1. The van der Waals surface area contributed by atoms with Gasteiger partial charge < -0.3 is 4.90 Å². The average Bonchev–Trinajstić information content (AvgIpc) is 2.68. The van der Waals surface area contributed by atoms with Crippen LogP contribution in [0, 0.1) is 10.1 Å². The van der Waals surface area contributed by atoms with Crippen molar-refractivity contribution in [3.05, 3.63) is 75.8 Å². The van der Waals surface area contributed by atoms with E-state index in [1.165, 1.54) is 29.8 Å². The van der Waals surface area contributed by atoms with Gasteiger partial charge in [0.25, 0.3) is 5.69 Å². The van der Waals surface area contributed by atoms with Gasteiger partial charge in [0.2, 0.25) is 0 Å². The van der Waals surface area contributed by atoms with Crippen LogP contribution in [0.25, 0.3) is 0 Å². The average molecular weight is 353 g/mol. The lowest BCUT2D eigenvalue weighted by atomic mass is 10.1. The van der Waals surface area contributed by atoms with E-state index >= 15 is 0 Å². The number of piperazine rings is 1. The van der Waals surface area contributed by atoms with Gasteiger partial charge in [-0.3, -0.25) is 19.8 Å². The van der Waals surface area contributed by atoms with E-state index in [0.717, 1.165) is 39.3 Å². The van der Waals surface area contributed by atoms with Crippen LogP contribution in [-0.2, 0) is 6.54 Å². The van der Waals surface area contributed by atoms with E-state index in [-0.39, 0.29) is 11.5 Å². The van der Waals surface area contributed by atoms with Crippen molar-refractivity contribution in [1.29, 1.82) is 0 Å². The fourth-order valence-electron chi connectivity index (χ4n) is 3.19. The SMILES string of the molecule is O=C(CCN1CCN(Cc2ccccc2)CC1)c1ccc([N+](=O)[O-])cc1. The largest absolute Gasteiger partial charge is 0.300 e. The highest BCUT2D eigenvalue weighted by molar-refractivity contribution is 5.96. The lowest BCUT2D eigenvalue weighted by Crippen LogP contribution is -2.46. The Morgan fingerprint density at radius 2 is 1.54 bits per heavy atom. The Morgan fingerprint density at radius 3 is 2.15 bits per heavy atom. The molecule has 0 spiro atoms. The number of rotatable bonds is 7. The third-order valence-corrected chi connectivity index (χ3v) is 4.77. The smallest absolute Gasteiger partial charge is 0.269 e. The summed E-state index contributed by atoms with van der Waals surface area (Å²) >= 11 is 0. The quantitative estimate of drug-likeness (QED) is 0.435. The first kappa shape index (κ1) is 18.2. The topological polar surface area (TPSA) is 66.7 Å². The minimum atomic E-state index is -0.455. The molecular weight excluding hydrogens is 330 g/mol. The number of ketones is 1. The fraction of sp³-hybridized carbons (Fsp3) is 0.350. The van der Waals surface area contributed by atoms with Gasteiger partial charge in [0.05, 0.1) is 4.92 Å². The highest BCUT2D eigenvalue weighted by atomic mass is 16.6. The predicted octanol–water partition coefficient (Wildman–Crippen LogP) is 2.99. The number of nitro benzene ring substituents is 1. The first-order valence-electron chi connectivity index (χ1n) is 8.88. The summed E-state index contributed by atoms with van der Waals surface area (Å²) in [4.78, 5) is 27.2. The van der Waals surface area contributed by atoms with Crippen molar-refractivity contribution in [2.45, 2.75) is 13.0 Å². The Kier molecular flexibility index (Phi) is 6.09. The van der Waals surface area contributed by atoms with Gasteiger partial charge in [-0.1, -0.05) is 30.3 Å². The van der Waals surface area contributed by atoms with Crippen LogP contribution >= 0.6 is 0 Å². The van der Waals surface area contributed by atoms with Crippen molar-refractivity contribution in [3.63, 3.8) is 0 Å². The first-order valence-corrected chi connectivity index (χ1v) is 8.88. The van der Waals surface area contributed by atoms with E-state index in [1.54, 1.807) is 0 Å². The molecule has 0 N–H and O–H groups in total. The second kappa shape index (κ2) is 8.69. The minimum Gasteiger partial charge on any atom is -0.300 e. The second-order valence-electron chi connectivity index (χ2n) is 6.58. The summed E-state index contributed by atoms with van der Waals surface area (Å²) < 4.78 is 0. The molecule has 6 nitrogen and oxygen atoms in total. The third-order valence-electron chi connectivity index (χ3n) is 4.77. The van der Waals surface area contributed by atoms with Crippen LogP contribution < -0.4 is 0 Å². The molecule has 0 bridgehead atoms. The maximum Gasteiger partial charge on any atom is 0.269 e. The molecule has 0 amide bonds. The monoisotopic (exact) mass is 353 g/mol. The Morgan fingerprint density at radius 1 is 0.923 bits per heavy atom. The summed E-state index contributed by atoms with van der Waals surface area (Å²) in [6.07, 6.45) is 0.441. The molecule has 1 saturated heterocycles. The fourth-order valence-corrected chi connectivity index (χ4v) is 3.19. The molecule has 0 aromatic heterocycles. The number of benzene rings is 2. The maximum absolute atomic E-state index is 12.3. The standard InChI is InChI=1S/C20H23N3O3/c24-20(18-6-8-19(9-7-18)23(25)26)10-11-21-12-14-22(15-13-21)16-17-4-2-1-3-5-17/h1-9H,10-16H2. The lowest BCUT2D eigenvalue weighted by molar-refractivity contribution is -0.384. The molecule has 0 radical (unpaired) electrons. The minimum absolute atomic E-state index is 0.0103. The first-order chi connectivity index (χ1) is 12.6. The van der Waals surface area contributed by atoms with Gasteiger partial charge in [-0.25, -0.2) is 0 Å². The Labute approximate surface area is 153 Å². The van der Waals surface area contributed by atoms with Gasteiger partial charge in [0.1, 0.15) is 0 Å². The molecule has 1 aliphatic heterocycles. The lowest BCUT2D eigenvalue weighted by Gasteiger charge is -2.34. The molecule has 1 heterocycles. The van der Waals surface area contributed by atoms with Gasteiger partial charge in [0.15, 0.2) is 5.78 Å². The van der Waals surface area contributed by atoms with E-state index in [0.29, 0.717) is 12.0 Å². The van der Waals surface area contributed by atoms with Crippen LogP contribution in [0.4, 0.5) is 5.69 Å². The number of carbonyl (C=O) groups excluding carboxylic acids is 1. The summed E-state index contributed by atoms with van der Waals surface area (Å²) in [6.45, 7) is 5.62. The molecule has 26 heavy (non-hydrogen) atoms. The number of nitrogens with zero attached hydrogens (tertiary/aromatic N) is 3. The molecule has 1 fully saturated rings. The van der Waals surface area contributed by atoms with Crippen molar-refractivity contribution >= 4 is 11.5 Å². The van der Waals surface area contributed by atoms with Gasteiger partial charge in [-0.05, 0) is 17.7 Å². The van der Waals surface area contributed by atoms with E-state index in [9.17, 15) is 14.9 Å². The summed E-state index contributed by atoms with van der Waals surface area (Å²) in [5, 5.41) is 10.7. The van der Waals surface area contributed by atoms with Crippen LogP contribution in [0.3, 0.4) is 0 Å². The van der Waals surface area contributed by atoms with Crippen molar-refractivity contribution in [3.8, 4) is 0 Å². The van der Waals surface area contributed by atoms with E-state index in [4.69, 9.17) is 0 Å². The third kappa shape index (κ3) is 4.97. The summed E-state index contributed by atoms with van der Waals surface area (Å²) in [6, 6.07) is 16.3. The van der Waals surface area contributed by atoms with E-state index in [2.05, 4.69) is 34.1 Å². The van der Waals surface area contributed by atoms with Gasteiger partial charge >= 0.3 is 0 Å². The zero-order valence-electron chi connectivity index (χ0n) is 14.7.